The lowest BCUT2D eigenvalue weighted by Crippen LogP contribution is -2.49. The van der Waals surface area contributed by atoms with Gasteiger partial charge in [-0.3, -0.25) is 9.36 Å². The number of hydrogen-bond acceptors (Lipinski definition) is 6. The van der Waals surface area contributed by atoms with Gasteiger partial charge in [-0.15, -0.1) is 10.2 Å². The second-order valence-electron chi connectivity index (χ2n) is 7.17. The smallest absolute Gasteiger partial charge is 0.233 e. The Morgan fingerprint density at radius 2 is 1.77 bits per heavy atom. The molecule has 3 aromatic rings. The molecule has 0 saturated carbocycles. The van der Waals surface area contributed by atoms with Crippen LogP contribution in [0.4, 0.5) is 10.1 Å². The number of rotatable bonds is 6. The summed E-state index contributed by atoms with van der Waals surface area (Å²) in [4.78, 5) is 16.6. The monoisotopic (exact) mass is 441 g/mol. The average Bonchev–Trinajstić information content (AvgIpc) is 3.18. The Kier molecular flexibility index (Phi) is 6.41. The number of carbonyl (C=O) groups is 1. The van der Waals surface area contributed by atoms with E-state index in [4.69, 9.17) is 4.74 Å². The van der Waals surface area contributed by atoms with E-state index >= 15 is 0 Å². The number of amides is 1. The van der Waals surface area contributed by atoms with Crippen LogP contribution in [0.15, 0.2) is 53.7 Å². The second kappa shape index (κ2) is 9.38. The maximum atomic E-state index is 14.0. The Morgan fingerprint density at radius 1 is 1.06 bits per heavy atom. The van der Waals surface area contributed by atoms with Crippen LogP contribution in [-0.4, -0.2) is 64.6 Å². The first-order valence-electron chi connectivity index (χ1n) is 10.0. The molecular weight excluding hydrogens is 417 g/mol. The first kappa shape index (κ1) is 21.2. The van der Waals surface area contributed by atoms with E-state index in [1.807, 2.05) is 51.6 Å². The number of halogens is 1. The van der Waals surface area contributed by atoms with Gasteiger partial charge in [-0.25, -0.2) is 4.39 Å². The fourth-order valence-electron chi connectivity index (χ4n) is 3.59. The Labute approximate surface area is 184 Å². The number of methoxy groups -OCH3 is 1. The van der Waals surface area contributed by atoms with Crippen molar-refractivity contribution >= 4 is 23.4 Å². The summed E-state index contributed by atoms with van der Waals surface area (Å²) in [5.41, 5.74) is 1.50. The zero-order valence-electron chi connectivity index (χ0n) is 17.5. The number of aromatic nitrogens is 3. The van der Waals surface area contributed by atoms with Crippen LogP contribution in [-0.2, 0) is 4.79 Å². The van der Waals surface area contributed by atoms with Crippen LogP contribution in [0.2, 0.25) is 0 Å². The number of aryl methyl sites for hydroxylation is 1. The number of hydrogen-bond donors (Lipinski definition) is 0. The molecular formula is C22H24FN5O2S. The first-order valence-corrected chi connectivity index (χ1v) is 11.0. The topological polar surface area (TPSA) is 63.5 Å². The van der Waals surface area contributed by atoms with E-state index in [2.05, 4.69) is 10.2 Å². The van der Waals surface area contributed by atoms with Crippen LogP contribution >= 0.6 is 11.8 Å². The molecule has 1 aliphatic heterocycles. The van der Waals surface area contributed by atoms with Crippen molar-refractivity contribution < 1.29 is 13.9 Å². The molecule has 1 amide bonds. The van der Waals surface area contributed by atoms with Gasteiger partial charge in [0.2, 0.25) is 5.91 Å². The number of thioether (sulfide) groups is 1. The third kappa shape index (κ3) is 4.66. The number of carbonyl (C=O) groups excluding carboxylic acids is 1. The molecule has 0 spiro atoms. The van der Waals surface area contributed by atoms with Crippen molar-refractivity contribution in [2.24, 2.45) is 0 Å². The van der Waals surface area contributed by atoms with Crippen LogP contribution in [0.1, 0.15) is 5.82 Å². The standard InChI is InChI=1S/C22H24FN5O2S/c1-16-24-25-22(28(16)17-7-9-18(30-2)10-8-17)31-15-21(29)27-13-11-26(12-14-27)20-6-4-3-5-19(20)23/h3-10H,11-15H2,1-2H3. The van der Waals surface area contributed by atoms with E-state index in [1.54, 1.807) is 19.2 Å². The van der Waals surface area contributed by atoms with Crippen LogP contribution in [0, 0.1) is 12.7 Å². The zero-order chi connectivity index (χ0) is 21.8. The first-order chi connectivity index (χ1) is 15.1. The molecule has 0 unspecified atom stereocenters. The number of piperazine rings is 1. The van der Waals surface area contributed by atoms with Crippen LogP contribution in [0.25, 0.3) is 5.69 Å². The highest BCUT2D eigenvalue weighted by molar-refractivity contribution is 7.99. The van der Waals surface area contributed by atoms with Crippen molar-refractivity contribution in [1.82, 2.24) is 19.7 Å². The minimum atomic E-state index is -0.230. The van der Waals surface area contributed by atoms with Crippen molar-refractivity contribution in [2.45, 2.75) is 12.1 Å². The zero-order valence-corrected chi connectivity index (χ0v) is 18.3. The van der Waals surface area contributed by atoms with Gasteiger partial charge in [0.15, 0.2) is 5.16 Å². The molecule has 0 N–H and O–H groups in total. The molecule has 0 bridgehead atoms. The number of para-hydroxylation sites is 1. The molecule has 2 aromatic carbocycles. The molecule has 162 valence electrons. The molecule has 1 fully saturated rings. The van der Waals surface area contributed by atoms with E-state index in [0.717, 1.165) is 17.3 Å². The summed E-state index contributed by atoms with van der Waals surface area (Å²) in [6, 6.07) is 14.4. The molecule has 2 heterocycles. The predicted octanol–water partition coefficient (Wildman–Crippen LogP) is 3.16. The van der Waals surface area contributed by atoms with E-state index in [-0.39, 0.29) is 17.5 Å². The Morgan fingerprint density at radius 3 is 2.45 bits per heavy atom. The largest absolute Gasteiger partial charge is 0.497 e. The Balaban J connectivity index is 1.36. The fraction of sp³-hybridized carbons (Fsp3) is 0.318. The summed E-state index contributed by atoms with van der Waals surface area (Å²) < 4.78 is 21.2. The average molecular weight is 442 g/mol. The molecule has 7 nitrogen and oxygen atoms in total. The molecule has 1 aliphatic rings. The lowest BCUT2D eigenvalue weighted by Gasteiger charge is -2.36. The number of ether oxygens (including phenoxy) is 1. The summed E-state index contributed by atoms with van der Waals surface area (Å²) in [6.45, 7) is 4.23. The molecule has 1 aromatic heterocycles. The molecule has 31 heavy (non-hydrogen) atoms. The number of anilines is 1. The molecule has 1 saturated heterocycles. The quantitative estimate of drug-likeness (QED) is 0.548. The highest BCUT2D eigenvalue weighted by Crippen LogP contribution is 2.24. The summed E-state index contributed by atoms with van der Waals surface area (Å²) in [5.74, 6) is 1.60. The van der Waals surface area contributed by atoms with Gasteiger partial charge in [-0.2, -0.15) is 0 Å². The second-order valence-corrected chi connectivity index (χ2v) is 8.11. The fourth-order valence-corrected chi connectivity index (χ4v) is 4.49. The minimum Gasteiger partial charge on any atom is -0.497 e. The van der Waals surface area contributed by atoms with Gasteiger partial charge in [-0.1, -0.05) is 23.9 Å². The van der Waals surface area contributed by atoms with E-state index < -0.39 is 0 Å². The van der Waals surface area contributed by atoms with Gasteiger partial charge in [0, 0.05) is 31.9 Å². The molecule has 4 rings (SSSR count). The summed E-state index contributed by atoms with van der Waals surface area (Å²) >= 11 is 1.37. The summed E-state index contributed by atoms with van der Waals surface area (Å²) in [6.07, 6.45) is 0. The lowest BCUT2D eigenvalue weighted by atomic mass is 10.2. The van der Waals surface area contributed by atoms with Crippen molar-refractivity contribution in [3.8, 4) is 11.4 Å². The highest BCUT2D eigenvalue weighted by Gasteiger charge is 2.23. The van der Waals surface area contributed by atoms with E-state index in [9.17, 15) is 9.18 Å². The molecule has 0 radical (unpaired) electrons. The van der Waals surface area contributed by atoms with E-state index in [1.165, 1.54) is 17.8 Å². The summed E-state index contributed by atoms with van der Waals surface area (Å²) in [7, 11) is 1.63. The number of nitrogens with zero attached hydrogens (tertiary/aromatic N) is 5. The normalized spacial score (nSPS) is 14.0. The van der Waals surface area contributed by atoms with Crippen LogP contribution in [0.3, 0.4) is 0 Å². The third-order valence-corrected chi connectivity index (χ3v) is 6.19. The maximum Gasteiger partial charge on any atom is 0.233 e. The van der Waals surface area contributed by atoms with Gasteiger partial charge < -0.3 is 14.5 Å². The third-order valence-electron chi connectivity index (χ3n) is 5.28. The molecule has 0 atom stereocenters. The van der Waals surface area contributed by atoms with Crippen LogP contribution in [0.5, 0.6) is 5.75 Å². The van der Waals surface area contributed by atoms with E-state index in [0.29, 0.717) is 37.0 Å². The van der Waals surface area contributed by atoms with Crippen molar-refractivity contribution in [3.05, 3.63) is 60.2 Å². The van der Waals surface area contributed by atoms with Gasteiger partial charge in [-0.05, 0) is 43.3 Å². The van der Waals surface area contributed by atoms with Gasteiger partial charge in [0.25, 0.3) is 0 Å². The predicted molar refractivity (Wildman–Crippen MR) is 119 cm³/mol. The highest BCUT2D eigenvalue weighted by atomic mass is 32.2. The van der Waals surface area contributed by atoms with Crippen molar-refractivity contribution in [1.29, 1.82) is 0 Å². The lowest BCUT2D eigenvalue weighted by molar-refractivity contribution is -0.128. The van der Waals surface area contributed by atoms with Crippen molar-refractivity contribution in [3.63, 3.8) is 0 Å². The number of benzene rings is 2. The molecule has 0 aliphatic carbocycles. The van der Waals surface area contributed by atoms with Gasteiger partial charge >= 0.3 is 0 Å². The van der Waals surface area contributed by atoms with Crippen molar-refractivity contribution in [2.75, 3.05) is 43.9 Å². The Bertz CT molecular complexity index is 1050. The Hall–Kier alpha value is -3.07. The minimum absolute atomic E-state index is 0.0418. The molecule has 9 heteroatoms. The van der Waals surface area contributed by atoms with Gasteiger partial charge in [0.1, 0.15) is 17.4 Å². The summed E-state index contributed by atoms with van der Waals surface area (Å²) in [5, 5.41) is 9.08. The maximum absolute atomic E-state index is 14.0. The van der Waals surface area contributed by atoms with Crippen LogP contribution < -0.4 is 9.64 Å². The SMILES string of the molecule is COc1ccc(-n2c(C)nnc2SCC(=O)N2CCN(c3ccccc3F)CC2)cc1. The van der Waals surface area contributed by atoms with Gasteiger partial charge in [0.05, 0.1) is 18.6 Å².